The Bertz CT molecular complexity index is 2450. The number of esters is 1. The summed E-state index contributed by atoms with van der Waals surface area (Å²) in [5.41, 5.74) is 1.86. The number of nitrogens with zero attached hydrogens (tertiary/aromatic N) is 2. The lowest BCUT2D eigenvalue weighted by Gasteiger charge is -2.31. The Labute approximate surface area is 323 Å². The fraction of sp³-hybridized carbons (Fsp3) is 0.282. The van der Waals surface area contributed by atoms with Crippen LogP contribution in [0.4, 0.5) is 5.69 Å². The van der Waals surface area contributed by atoms with Gasteiger partial charge in [-0.2, -0.15) is 0 Å². The van der Waals surface area contributed by atoms with Crippen molar-refractivity contribution in [1.29, 1.82) is 0 Å². The molecular formula is C39H37N7O11. The van der Waals surface area contributed by atoms with Gasteiger partial charge >= 0.3 is 5.97 Å². The first-order chi connectivity index (χ1) is 27.4. The van der Waals surface area contributed by atoms with E-state index in [-0.39, 0.29) is 48.6 Å². The molecule has 5 amide bonds. The number of aromatic nitrogens is 2. The van der Waals surface area contributed by atoms with Crippen molar-refractivity contribution < 1.29 is 48.5 Å². The van der Waals surface area contributed by atoms with Crippen LogP contribution in [0.1, 0.15) is 41.2 Å². The topological polar surface area (TPSA) is 256 Å². The zero-order chi connectivity index (χ0) is 40.4. The zero-order valence-corrected chi connectivity index (χ0v) is 30.5. The Kier molecular flexibility index (Phi) is 10.5. The lowest BCUT2D eigenvalue weighted by Crippen LogP contribution is -2.52. The Balaban J connectivity index is 1.06. The van der Waals surface area contributed by atoms with Crippen LogP contribution in [0.15, 0.2) is 59.6 Å². The summed E-state index contributed by atoms with van der Waals surface area (Å²) in [6.07, 6.45) is 3.25. The third-order valence-corrected chi connectivity index (χ3v) is 9.94. The third kappa shape index (κ3) is 7.42. The first-order valence-electron chi connectivity index (χ1n) is 18.0. The highest BCUT2D eigenvalue weighted by molar-refractivity contribution is 6.05. The van der Waals surface area contributed by atoms with Gasteiger partial charge < -0.3 is 50.8 Å². The Morgan fingerprint density at radius 3 is 2.42 bits per heavy atom. The molecule has 3 aliphatic rings. The molecule has 0 saturated carbocycles. The molecule has 4 aromatic rings. The number of rotatable bonds is 13. The molecule has 7 rings (SSSR count). The van der Waals surface area contributed by atoms with Crippen LogP contribution >= 0.6 is 0 Å². The van der Waals surface area contributed by atoms with Crippen LogP contribution in [0, 0.1) is 0 Å². The Morgan fingerprint density at radius 1 is 0.930 bits per heavy atom. The largest absolute Gasteiger partial charge is 0.462 e. The van der Waals surface area contributed by atoms with E-state index < -0.39 is 78.9 Å². The van der Waals surface area contributed by atoms with E-state index >= 15 is 0 Å². The summed E-state index contributed by atoms with van der Waals surface area (Å²) < 4.78 is 12.6. The lowest BCUT2D eigenvalue weighted by molar-refractivity contribution is -0.172. The average Bonchev–Trinajstić information content (AvgIpc) is 3.60. The van der Waals surface area contributed by atoms with Crippen LogP contribution in [0.5, 0.6) is 5.75 Å². The summed E-state index contributed by atoms with van der Waals surface area (Å²) in [7, 11) is 0. The van der Waals surface area contributed by atoms with Crippen LogP contribution in [0.2, 0.25) is 0 Å². The third-order valence-electron chi connectivity index (χ3n) is 9.94. The molecule has 7 N–H and O–H groups in total. The van der Waals surface area contributed by atoms with Crippen molar-refractivity contribution in [3.05, 3.63) is 93.0 Å². The summed E-state index contributed by atoms with van der Waals surface area (Å²) >= 11 is 0. The second kappa shape index (κ2) is 15.7. The standard InChI is InChI=1S/C39H37N7O11/c1-2-39(55)24-13-28-34-22(17-46(28)37(53)23(24)19-57-38(39)54)21-10-11-56-35-26(9-8-25(45-34)33(21)35)43-31(50)16-42-36(52)27(12-20-6-4-3-5-7-20)44-30(49)15-40-29(48)14-41-32(51)18-47/h3-11,13,27,47,55H,2,12,14-19H2,1H3,(H,40,48)(H,41,51)(H,42,52)(H,43,50)(H,44,49)/t27-,39-/m0/s1. The van der Waals surface area contributed by atoms with Crippen molar-refractivity contribution in [2.45, 2.75) is 44.6 Å². The van der Waals surface area contributed by atoms with Crippen LogP contribution < -0.4 is 36.9 Å². The number of ether oxygens (including phenoxy) is 2. The van der Waals surface area contributed by atoms with Crippen molar-refractivity contribution in [3.63, 3.8) is 0 Å². The molecule has 0 fully saturated rings. The maximum absolute atomic E-state index is 13.7. The smallest absolute Gasteiger partial charge is 0.343 e. The summed E-state index contributed by atoms with van der Waals surface area (Å²) in [5, 5.41) is 32.9. The molecule has 2 aromatic carbocycles. The van der Waals surface area contributed by atoms with Gasteiger partial charge in [0.1, 0.15) is 19.3 Å². The number of hydrogen-bond acceptors (Lipinski definition) is 12. The van der Waals surface area contributed by atoms with Crippen molar-refractivity contribution in [2.75, 3.05) is 31.6 Å². The first kappa shape index (κ1) is 38.4. The van der Waals surface area contributed by atoms with E-state index in [4.69, 9.17) is 19.6 Å². The number of amides is 5. The number of carbonyl (C=O) groups is 6. The van der Waals surface area contributed by atoms with Gasteiger partial charge in [-0.3, -0.25) is 28.8 Å². The van der Waals surface area contributed by atoms with E-state index in [9.17, 15) is 38.7 Å². The van der Waals surface area contributed by atoms with E-state index in [0.29, 0.717) is 39.0 Å². The molecule has 0 radical (unpaired) electrons. The first-order valence-corrected chi connectivity index (χ1v) is 18.0. The minimum absolute atomic E-state index is 0.00980. The van der Waals surface area contributed by atoms with E-state index in [1.165, 1.54) is 10.8 Å². The number of anilines is 1. The maximum Gasteiger partial charge on any atom is 0.343 e. The minimum atomic E-state index is -1.97. The van der Waals surface area contributed by atoms with Gasteiger partial charge in [0.05, 0.1) is 66.0 Å². The van der Waals surface area contributed by atoms with Gasteiger partial charge in [0.25, 0.3) is 5.56 Å². The van der Waals surface area contributed by atoms with Gasteiger partial charge in [-0.1, -0.05) is 37.3 Å². The van der Waals surface area contributed by atoms with Gasteiger partial charge in [0, 0.05) is 17.5 Å². The monoisotopic (exact) mass is 779 g/mol. The van der Waals surface area contributed by atoms with Crippen molar-refractivity contribution in [3.8, 4) is 17.1 Å². The summed E-state index contributed by atoms with van der Waals surface area (Å²) in [5.74, 6) is -3.97. The SMILES string of the molecule is CC[C@@]1(O)C(=O)OCc2c1cc1n(c2=O)Cc2c-1nc1ccc(NC(=O)CNC(=O)[C@H](Cc3ccccc3)NC(=O)CNC(=O)CNC(=O)CO)c3c1c2C=CO3. The van der Waals surface area contributed by atoms with E-state index in [2.05, 4.69) is 26.6 Å². The molecule has 57 heavy (non-hydrogen) atoms. The minimum Gasteiger partial charge on any atom is -0.462 e. The molecule has 0 aliphatic carbocycles. The number of pyridine rings is 2. The second-order valence-electron chi connectivity index (χ2n) is 13.5. The van der Waals surface area contributed by atoms with Crippen molar-refractivity contribution in [2.24, 2.45) is 0 Å². The Hall–Kier alpha value is -6.92. The molecule has 18 nitrogen and oxygen atoms in total. The molecule has 0 bridgehead atoms. The molecule has 0 spiro atoms. The molecule has 5 heterocycles. The van der Waals surface area contributed by atoms with Gasteiger partial charge in [0.15, 0.2) is 11.4 Å². The predicted molar refractivity (Wildman–Crippen MR) is 201 cm³/mol. The Morgan fingerprint density at radius 2 is 1.67 bits per heavy atom. The molecule has 0 saturated heterocycles. The molecule has 2 atom stereocenters. The molecule has 0 unspecified atom stereocenters. The number of carbonyl (C=O) groups excluding carboxylic acids is 6. The van der Waals surface area contributed by atoms with Gasteiger partial charge in [0.2, 0.25) is 29.5 Å². The van der Waals surface area contributed by atoms with Gasteiger partial charge in [-0.05, 0) is 41.8 Å². The number of hydrogen-bond donors (Lipinski definition) is 7. The summed E-state index contributed by atoms with van der Waals surface area (Å²) in [6.45, 7) is -0.723. The normalized spacial score (nSPS) is 16.2. The number of nitrogens with one attached hydrogen (secondary N) is 5. The van der Waals surface area contributed by atoms with E-state index in [1.807, 2.05) is 0 Å². The quantitative estimate of drug-likeness (QED) is 0.0744. The van der Waals surface area contributed by atoms with Crippen LogP contribution in [0.3, 0.4) is 0 Å². The zero-order valence-electron chi connectivity index (χ0n) is 30.5. The lowest BCUT2D eigenvalue weighted by atomic mass is 9.86. The van der Waals surface area contributed by atoms with Crippen molar-refractivity contribution >= 4 is 58.2 Å². The molecule has 3 aliphatic heterocycles. The van der Waals surface area contributed by atoms with Gasteiger partial charge in [-0.25, -0.2) is 9.78 Å². The fourth-order valence-corrected chi connectivity index (χ4v) is 7.02. The molecule has 2 aromatic heterocycles. The highest BCUT2D eigenvalue weighted by Gasteiger charge is 2.45. The van der Waals surface area contributed by atoms with E-state index in [0.717, 1.165) is 0 Å². The van der Waals surface area contributed by atoms with Crippen LogP contribution in [0.25, 0.3) is 28.4 Å². The highest BCUT2D eigenvalue weighted by Crippen LogP contribution is 2.45. The molecule has 294 valence electrons. The molecule has 18 heteroatoms. The molecular weight excluding hydrogens is 742 g/mol. The second-order valence-corrected chi connectivity index (χ2v) is 13.5. The number of benzene rings is 2. The summed E-state index contributed by atoms with van der Waals surface area (Å²) in [6, 6.07) is 12.6. The number of fused-ring (bicyclic) bond motifs is 5. The average molecular weight is 780 g/mol. The van der Waals surface area contributed by atoms with Crippen LogP contribution in [-0.4, -0.2) is 87.6 Å². The van der Waals surface area contributed by atoms with Crippen LogP contribution in [-0.2, 0) is 58.7 Å². The number of cyclic esters (lactones) is 1. The highest BCUT2D eigenvalue weighted by atomic mass is 16.6. The fourth-order valence-electron chi connectivity index (χ4n) is 7.02. The number of aliphatic hydroxyl groups is 2. The predicted octanol–water partition coefficient (Wildman–Crippen LogP) is -0.550. The maximum atomic E-state index is 13.7. The van der Waals surface area contributed by atoms with Crippen molar-refractivity contribution in [1.82, 2.24) is 30.8 Å². The number of aliphatic hydroxyl groups excluding tert-OH is 1. The van der Waals surface area contributed by atoms with E-state index in [1.54, 1.807) is 61.5 Å². The van der Waals surface area contributed by atoms with Gasteiger partial charge in [-0.15, -0.1) is 0 Å². The summed E-state index contributed by atoms with van der Waals surface area (Å²) in [4.78, 5) is 93.6.